The van der Waals surface area contributed by atoms with E-state index in [-0.39, 0.29) is 11.8 Å². The molecule has 26 heavy (non-hydrogen) atoms. The number of ketones is 1. The van der Waals surface area contributed by atoms with Crippen LogP contribution in [0.1, 0.15) is 35.1 Å². The lowest BCUT2D eigenvalue weighted by molar-refractivity contribution is 0.0986. The second-order valence-electron chi connectivity index (χ2n) is 5.88. The molecule has 1 N–H and O–H groups in total. The quantitative estimate of drug-likeness (QED) is 0.607. The molecule has 0 spiro atoms. The van der Waals surface area contributed by atoms with Crippen LogP contribution in [0.3, 0.4) is 0 Å². The van der Waals surface area contributed by atoms with Gasteiger partial charge in [-0.2, -0.15) is 0 Å². The van der Waals surface area contributed by atoms with E-state index in [1.807, 2.05) is 0 Å². The van der Waals surface area contributed by atoms with Gasteiger partial charge >= 0.3 is 0 Å². The van der Waals surface area contributed by atoms with E-state index in [0.29, 0.717) is 23.6 Å². The number of hydrogen-bond donors (Lipinski definition) is 1. The van der Waals surface area contributed by atoms with E-state index in [1.165, 1.54) is 4.88 Å². The predicted molar refractivity (Wildman–Crippen MR) is 107 cm³/mol. The maximum absolute atomic E-state index is 12.5. The molecule has 1 aromatic carbocycles. The molecule has 6 heteroatoms. The van der Waals surface area contributed by atoms with Gasteiger partial charge in [0, 0.05) is 17.0 Å². The van der Waals surface area contributed by atoms with Crippen LogP contribution in [0, 0.1) is 0 Å². The van der Waals surface area contributed by atoms with Crippen molar-refractivity contribution in [3.63, 3.8) is 0 Å². The third-order valence-corrected chi connectivity index (χ3v) is 5.43. The smallest absolute Gasteiger partial charge is 0.176 e. The topological polar surface area (TPSA) is 50.8 Å². The van der Waals surface area contributed by atoms with Gasteiger partial charge in [-0.3, -0.25) is 9.69 Å². The van der Waals surface area contributed by atoms with Gasteiger partial charge in [0.2, 0.25) is 0 Å². The molecule has 0 aliphatic rings. The second-order valence-corrected chi connectivity index (χ2v) is 6.86. The molecule has 142 valence electrons. The van der Waals surface area contributed by atoms with Gasteiger partial charge in [-0.1, -0.05) is 19.9 Å². The van der Waals surface area contributed by atoms with Crippen LogP contribution in [-0.2, 0) is 0 Å². The number of thiophene rings is 1. The fourth-order valence-corrected chi connectivity index (χ4v) is 3.85. The fourth-order valence-electron chi connectivity index (χ4n) is 2.99. The van der Waals surface area contributed by atoms with Crippen molar-refractivity contribution < 1.29 is 14.3 Å². The van der Waals surface area contributed by atoms with E-state index in [4.69, 9.17) is 9.47 Å². The summed E-state index contributed by atoms with van der Waals surface area (Å²) in [5.74, 6) is 1.23. The minimum absolute atomic E-state index is 0.0374. The highest BCUT2D eigenvalue weighted by molar-refractivity contribution is 7.10. The van der Waals surface area contributed by atoms with Crippen LogP contribution in [0.2, 0.25) is 0 Å². The van der Waals surface area contributed by atoms with E-state index in [9.17, 15) is 4.79 Å². The molecule has 5 nitrogen and oxygen atoms in total. The summed E-state index contributed by atoms with van der Waals surface area (Å²) in [4.78, 5) is 16.2. The summed E-state index contributed by atoms with van der Waals surface area (Å²) < 4.78 is 10.5. The molecule has 2 aromatic rings. The van der Waals surface area contributed by atoms with Gasteiger partial charge in [0.05, 0.1) is 26.8 Å². The number of carbonyl (C=O) groups is 1. The molecule has 1 unspecified atom stereocenters. The lowest BCUT2D eigenvalue weighted by Gasteiger charge is -2.29. The Labute approximate surface area is 159 Å². The first-order valence-electron chi connectivity index (χ1n) is 8.87. The Morgan fingerprint density at radius 3 is 2.46 bits per heavy atom. The van der Waals surface area contributed by atoms with E-state index < -0.39 is 0 Å². The number of ether oxygens (including phenoxy) is 2. The Bertz CT molecular complexity index is 684. The third-order valence-electron chi connectivity index (χ3n) is 4.45. The van der Waals surface area contributed by atoms with Crippen LogP contribution < -0.4 is 14.8 Å². The monoisotopic (exact) mass is 376 g/mol. The summed E-state index contributed by atoms with van der Waals surface area (Å²) >= 11 is 1.76. The molecule has 0 aliphatic heterocycles. The standard InChI is InChI=1S/C20H28N2O3S/c1-5-22(6-2)16(20-8-7-11-26-20)13-21-14-17(23)15-9-10-18(24-3)19(12-15)25-4/h7-12,16,21H,5-6,13-14H2,1-4H3. The first-order chi connectivity index (χ1) is 12.6. The normalized spacial score (nSPS) is 12.2. The van der Waals surface area contributed by atoms with Crippen molar-refractivity contribution in [3.8, 4) is 11.5 Å². The van der Waals surface area contributed by atoms with Crippen molar-refractivity contribution in [1.82, 2.24) is 10.2 Å². The van der Waals surface area contributed by atoms with E-state index >= 15 is 0 Å². The molecule has 0 aliphatic carbocycles. The average molecular weight is 377 g/mol. The maximum atomic E-state index is 12.5. The summed E-state index contributed by atoms with van der Waals surface area (Å²) in [5.41, 5.74) is 0.616. The fraction of sp³-hybridized carbons (Fsp3) is 0.450. The average Bonchev–Trinajstić information content (AvgIpc) is 3.21. The number of likely N-dealkylation sites (N-methyl/N-ethyl adjacent to an activating group) is 1. The Morgan fingerprint density at radius 2 is 1.88 bits per heavy atom. The minimum atomic E-state index is 0.0374. The molecule has 1 aromatic heterocycles. The lowest BCUT2D eigenvalue weighted by Crippen LogP contribution is -2.37. The summed E-state index contributed by atoms with van der Waals surface area (Å²) in [6.45, 7) is 7.31. The Hall–Kier alpha value is -1.89. The number of hydrogen-bond acceptors (Lipinski definition) is 6. The van der Waals surface area contributed by atoms with Crippen LogP contribution in [0.15, 0.2) is 35.7 Å². The second kappa shape index (κ2) is 10.3. The number of nitrogens with one attached hydrogen (secondary N) is 1. The van der Waals surface area contributed by atoms with Gasteiger partial charge in [0.1, 0.15) is 0 Å². The van der Waals surface area contributed by atoms with Crippen LogP contribution in [-0.4, -0.2) is 51.1 Å². The van der Waals surface area contributed by atoms with Gasteiger partial charge in [-0.05, 0) is 42.7 Å². The highest BCUT2D eigenvalue weighted by Gasteiger charge is 2.19. The molecule has 0 fully saturated rings. The third kappa shape index (κ3) is 5.06. The van der Waals surface area contributed by atoms with Gasteiger partial charge in [0.25, 0.3) is 0 Å². The number of nitrogens with zero attached hydrogens (tertiary/aromatic N) is 1. The Balaban J connectivity index is 1.99. The summed E-state index contributed by atoms with van der Waals surface area (Å²) in [6, 6.07) is 9.77. The van der Waals surface area contributed by atoms with Crippen LogP contribution in [0.25, 0.3) is 0 Å². The number of Topliss-reactive ketones (excluding diaryl/α,β-unsaturated/α-hetero) is 1. The first-order valence-corrected chi connectivity index (χ1v) is 9.75. The van der Waals surface area contributed by atoms with Crippen molar-refractivity contribution in [3.05, 3.63) is 46.2 Å². The molecular weight excluding hydrogens is 348 g/mol. The van der Waals surface area contributed by atoms with Crippen LogP contribution in [0.5, 0.6) is 11.5 Å². The number of benzene rings is 1. The van der Waals surface area contributed by atoms with Crippen molar-refractivity contribution in [1.29, 1.82) is 0 Å². The Kier molecular flexibility index (Phi) is 8.09. The number of carbonyl (C=O) groups excluding carboxylic acids is 1. The van der Waals surface area contributed by atoms with Crippen LogP contribution in [0.4, 0.5) is 0 Å². The molecule has 0 radical (unpaired) electrons. The van der Waals surface area contributed by atoms with Gasteiger partial charge in [-0.25, -0.2) is 0 Å². The largest absolute Gasteiger partial charge is 0.493 e. The van der Waals surface area contributed by atoms with E-state index in [2.05, 4.69) is 41.6 Å². The highest BCUT2D eigenvalue weighted by Crippen LogP contribution is 2.28. The van der Waals surface area contributed by atoms with Gasteiger partial charge in [0.15, 0.2) is 17.3 Å². The van der Waals surface area contributed by atoms with Crippen molar-refractivity contribution >= 4 is 17.1 Å². The van der Waals surface area contributed by atoms with E-state index in [0.717, 1.165) is 19.6 Å². The molecule has 0 amide bonds. The van der Waals surface area contributed by atoms with Gasteiger partial charge < -0.3 is 14.8 Å². The van der Waals surface area contributed by atoms with Gasteiger partial charge in [-0.15, -0.1) is 11.3 Å². The van der Waals surface area contributed by atoms with E-state index in [1.54, 1.807) is 43.8 Å². The van der Waals surface area contributed by atoms with Crippen molar-refractivity contribution in [2.24, 2.45) is 0 Å². The zero-order valence-corrected chi connectivity index (χ0v) is 16.8. The zero-order chi connectivity index (χ0) is 18.9. The summed E-state index contributed by atoms with van der Waals surface area (Å²) in [7, 11) is 3.15. The number of rotatable bonds is 11. The zero-order valence-electron chi connectivity index (χ0n) is 16.0. The molecule has 2 rings (SSSR count). The highest BCUT2D eigenvalue weighted by atomic mass is 32.1. The molecule has 0 saturated carbocycles. The SMILES string of the molecule is CCN(CC)C(CNCC(=O)c1ccc(OC)c(OC)c1)c1cccs1. The molecule has 0 bridgehead atoms. The summed E-state index contributed by atoms with van der Waals surface area (Å²) in [6.07, 6.45) is 0. The lowest BCUT2D eigenvalue weighted by atomic mass is 10.1. The first kappa shape index (κ1) is 20.4. The number of methoxy groups -OCH3 is 2. The molecule has 1 heterocycles. The van der Waals surface area contributed by atoms with Crippen molar-refractivity contribution in [2.75, 3.05) is 40.4 Å². The van der Waals surface area contributed by atoms with Crippen LogP contribution >= 0.6 is 11.3 Å². The minimum Gasteiger partial charge on any atom is -0.493 e. The Morgan fingerprint density at radius 1 is 1.15 bits per heavy atom. The molecule has 0 saturated heterocycles. The van der Waals surface area contributed by atoms with Crippen molar-refractivity contribution in [2.45, 2.75) is 19.9 Å². The predicted octanol–water partition coefficient (Wildman–Crippen LogP) is 3.62. The molecular formula is C20H28N2O3S. The molecule has 1 atom stereocenters. The summed E-state index contributed by atoms with van der Waals surface area (Å²) in [5, 5.41) is 5.43. The maximum Gasteiger partial charge on any atom is 0.176 e.